The Labute approximate surface area is 358 Å². The summed E-state index contributed by atoms with van der Waals surface area (Å²) in [4.78, 5) is 17.6. The Bertz CT molecular complexity index is 3400. The zero-order valence-electron chi connectivity index (χ0n) is 33.5. The van der Waals surface area contributed by atoms with Crippen LogP contribution >= 0.6 is 0 Å². The maximum atomic E-state index is 6.86. The van der Waals surface area contributed by atoms with Crippen molar-refractivity contribution in [3.05, 3.63) is 218 Å². The van der Waals surface area contributed by atoms with Crippen LogP contribution in [0.3, 0.4) is 0 Å². The van der Waals surface area contributed by atoms with Gasteiger partial charge in [0.05, 0.1) is 5.69 Å². The molecule has 2 aromatic heterocycles. The number of fused-ring (bicyclic) bond motifs is 4. The quantitative estimate of drug-likeness (QED) is 0.161. The number of aromatic nitrogens is 3. The van der Waals surface area contributed by atoms with E-state index in [4.69, 9.17) is 19.4 Å². The van der Waals surface area contributed by atoms with Crippen molar-refractivity contribution in [2.45, 2.75) is 0 Å². The molecule has 62 heavy (non-hydrogen) atoms. The molecular formula is C57H36N4O. The zero-order chi connectivity index (χ0) is 41.0. The van der Waals surface area contributed by atoms with Crippen molar-refractivity contribution < 1.29 is 4.42 Å². The molecule has 5 nitrogen and oxygen atoms in total. The van der Waals surface area contributed by atoms with E-state index >= 15 is 0 Å². The molecule has 0 aliphatic carbocycles. The molecule has 0 amide bonds. The van der Waals surface area contributed by atoms with Crippen LogP contribution in [0.4, 0.5) is 11.4 Å². The van der Waals surface area contributed by atoms with Gasteiger partial charge in [0.15, 0.2) is 23.1 Å². The Balaban J connectivity index is 0.943. The van der Waals surface area contributed by atoms with E-state index in [0.717, 1.165) is 83.4 Å². The zero-order valence-corrected chi connectivity index (χ0v) is 33.5. The number of hydrogen-bond acceptors (Lipinski definition) is 5. The van der Waals surface area contributed by atoms with E-state index in [-0.39, 0.29) is 0 Å². The lowest BCUT2D eigenvalue weighted by Gasteiger charge is -2.26. The number of nitrogens with zero attached hydrogens (tertiary/aromatic N) is 4. The van der Waals surface area contributed by atoms with Gasteiger partial charge in [0.2, 0.25) is 0 Å². The first-order valence-corrected chi connectivity index (χ1v) is 20.8. The molecule has 0 spiro atoms. The molecule has 12 rings (SSSR count). The van der Waals surface area contributed by atoms with Crippen LogP contribution in [0.25, 0.3) is 106 Å². The van der Waals surface area contributed by atoms with Gasteiger partial charge in [0.1, 0.15) is 5.58 Å². The molecule has 0 saturated heterocycles. The highest BCUT2D eigenvalue weighted by Gasteiger charge is 2.24. The van der Waals surface area contributed by atoms with Crippen LogP contribution < -0.4 is 4.90 Å². The van der Waals surface area contributed by atoms with E-state index in [1.54, 1.807) is 0 Å². The van der Waals surface area contributed by atoms with Gasteiger partial charge in [0, 0.05) is 44.7 Å². The van der Waals surface area contributed by atoms with Crippen LogP contribution in [0.5, 0.6) is 0 Å². The number of para-hydroxylation sites is 1. The molecule has 0 fully saturated rings. The smallest absolute Gasteiger partial charge is 0.164 e. The van der Waals surface area contributed by atoms with Crippen molar-refractivity contribution >= 4 is 50.2 Å². The van der Waals surface area contributed by atoms with E-state index < -0.39 is 0 Å². The predicted octanol–water partition coefficient (Wildman–Crippen LogP) is 15.0. The molecule has 5 heteroatoms. The average Bonchev–Trinajstić information content (AvgIpc) is 3.73. The molecule has 0 N–H and O–H groups in total. The molecule has 0 radical (unpaired) electrons. The van der Waals surface area contributed by atoms with E-state index in [9.17, 15) is 0 Å². The minimum absolute atomic E-state index is 0.608. The van der Waals surface area contributed by atoms with E-state index in [0.29, 0.717) is 17.5 Å². The summed E-state index contributed by atoms with van der Waals surface area (Å²) in [6.45, 7) is 0. The summed E-state index contributed by atoms with van der Waals surface area (Å²) in [5, 5.41) is 4.57. The van der Waals surface area contributed by atoms with Crippen molar-refractivity contribution in [1.82, 2.24) is 15.0 Å². The Morgan fingerprint density at radius 3 is 1.52 bits per heavy atom. The molecule has 9 aromatic carbocycles. The fraction of sp³-hybridized carbons (Fsp3) is 0. The monoisotopic (exact) mass is 792 g/mol. The summed E-state index contributed by atoms with van der Waals surface area (Å²) in [7, 11) is 0. The molecule has 3 heterocycles. The normalized spacial score (nSPS) is 12.1. The van der Waals surface area contributed by atoms with Crippen LogP contribution in [0, 0.1) is 0 Å². The van der Waals surface area contributed by atoms with Crippen LogP contribution in [0.1, 0.15) is 5.56 Å². The van der Waals surface area contributed by atoms with Gasteiger partial charge in [0.25, 0.3) is 0 Å². The molecule has 1 aliphatic rings. The summed E-state index contributed by atoms with van der Waals surface area (Å²) in [6.07, 6.45) is 4.33. The first-order valence-electron chi connectivity index (χ1n) is 20.8. The molecule has 290 valence electrons. The van der Waals surface area contributed by atoms with Crippen molar-refractivity contribution in [2.75, 3.05) is 4.90 Å². The molecule has 0 bridgehead atoms. The van der Waals surface area contributed by atoms with Gasteiger partial charge >= 0.3 is 0 Å². The molecule has 0 saturated carbocycles. The van der Waals surface area contributed by atoms with E-state index in [1.165, 1.54) is 16.3 Å². The molecule has 0 unspecified atom stereocenters. The summed E-state index contributed by atoms with van der Waals surface area (Å²) in [6, 6.07) is 71.9. The molecule has 11 aromatic rings. The van der Waals surface area contributed by atoms with Crippen LogP contribution in [0.2, 0.25) is 0 Å². The maximum absolute atomic E-state index is 6.86. The minimum atomic E-state index is 0.608. The van der Waals surface area contributed by atoms with E-state index in [2.05, 4.69) is 205 Å². The van der Waals surface area contributed by atoms with Gasteiger partial charge in [-0.05, 0) is 92.9 Å². The number of rotatable bonds is 7. The first-order chi connectivity index (χ1) is 30.7. The summed E-state index contributed by atoms with van der Waals surface area (Å²) in [5.74, 6) is 1.84. The Hall–Kier alpha value is -8.41. The van der Waals surface area contributed by atoms with Gasteiger partial charge in [-0.15, -0.1) is 0 Å². The van der Waals surface area contributed by atoms with Gasteiger partial charge in [-0.25, -0.2) is 15.0 Å². The largest absolute Gasteiger partial charge is 0.454 e. The number of benzene rings is 9. The predicted molar refractivity (Wildman–Crippen MR) is 255 cm³/mol. The summed E-state index contributed by atoms with van der Waals surface area (Å²) >= 11 is 0. The highest BCUT2D eigenvalue weighted by molar-refractivity contribution is 6.21. The third-order valence-corrected chi connectivity index (χ3v) is 11.9. The molecule has 0 atom stereocenters. The molecule has 1 aliphatic heterocycles. The lowest BCUT2D eigenvalue weighted by atomic mass is 9.96. The lowest BCUT2D eigenvalue weighted by molar-refractivity contribution is 0.669. The Morgan fingerprint density at radius 2 is 0.871 bits per heavy atom. The third kappa shape index (κ3) is 6.23. The SMILES string of the molecule is C1=CN(c2ccccc2)c2c3oc4cc(-c5ccc(-c6nc(-c7cccc(-c8ccccc8)c7)nc(-c7cccc(-c8ccccc8)c7)n6)cc5)ccc4c3cc3cccc1c23. The fourth-order valence-corrected chi connectivity index (χ4v) is 8.78. The van der Waals surface area contributed by atoms with Crippen molar-refractivity contribution in [3.8, 4) is 67.5 Å². The summed E-state index contributed by atoms with van der Waals surface area (Å²) < 4.78 is 6.86. The van der Waals surface area contributed by atoms with Gasteiger partial charge in [-0.1, -0.05) is 164 Å². The number of anilines is 2. The first kappa shape index (κ1) is 35.5. The second kappa shape index (κ2) is 14.7. The van der Waals surface area contributed by atoms with Crippen molar-refractivity contribution in [2.24, 2.45) is 0 Å². The molecular weight excluding hydrogens is 757 g/mol. The van der Waals surface area contributed by atoms with Crippen molar-refractivity contribution in [3.63, 3.8) is 0 Å². The summed E-state index contributed by atoms with van der Waals surface area (Å²) in [5.41, 5.74) is 14.4. The Morgan fingerprint density at radius 1 is 0.371 bits per heavy atom. The van der Waals surface area contributed by atoms with Crippen molar-refractivity contribution in [1.29, 1.82) is 0 Å². The highest BCUT2D eigenvalue weighted by atomic mass is 16.3. The number of hydrogen-bond donors (Lipinski definition) is 0. The standard InChI is InChI=1S/C57H36N4O/c1-4-13-37(14-5-1)42-18-11-21-46(33-42)56-58-55(59-57(60-56)47-22-12-19-43(34-47)38-15-6-2-7-16-38)41-27-25-39(26-28-41)44-29-30-49-50-35-45-20-10-17-40-31-32-61(48-23-8-3-9-24-48)53(52(40)45)54(50)62-51(49)36-44/h1-36H. The maximum Gasteiger partial charge on any atom is 0.164 e. The average molecular weight is 793 g/mol. The second-order valence-electron chi connectivity index (χ2n) is 15.7. The van der Waals surface area contributed by atoms with Gasteiger partial charge in [-0.2, -0.15) is 0 Å². The van der Waals surface area contributed by atoms with Gasteiger partial charge in [-0.3, -0.25) is 0 Å². The van der Waals surface area contributed by atoms with Crippen LogP contribution in [-0.2, 0) is 0 Å². The van der Waals surface area contributed by atoms with Crippen LogP contribution in [0.15, 0.2) is 217 Å². The van der Waals surface area contributed by atoms with E-state index in [1.807, 2.05) is 18.2 Å². The number of furan rings is 1. The third-order valence-electron chi connectivity index (χ3n) is 11.9. The second-order valence-corrected chi connectivity index (χ2v) is 15.7. The topological polar surface area (TPSA) is 55.1 Å². The fourth-order valence-electron chi connectivity index (χ4n) is 8.78. The lowest BCUT2D eigenvalue weighted by Crippen LogP contribution is -2.12. The Kier molecular flexibility index (Phi) is 8.42. The van der Waals surface area contributed by atoms with Gasteiger partial charge < -0.3 is 9.32 Å². The highest BCUT2D eigenvalue weighted by Crippen LogP contribution is 2.47. The minimum Gasteiger partial charge on any atom is -0.454 e. The van der Waals surface area contributed by atoms with Crippen LogP contribution in [-0.4, -0.2) is 15.0 Å².